The highest BCUT2D eigenvalue weighted by molar-refractivity contribution is 5.91. The highest BCUT2D eigenvalue weighted by Crippen LogP contribution is 2.30. The van der Waals surface area contributed by atoms with Gasteiger partial charge in [-0.2, -0.15) is 0 Å². The standard InChI is InChI=1S/C16H22N4O/c17-13-5-6-15-14(7-13)16(20-10-19-15)18-8-11-3-1-2-4-12(11)9-21/h5-7,10-12,21H,1-4,8-9,17H2,(H,18,19,20). The predicted octanol–water partition coefficient (Wildman–Crippen LogP) is 2.42. The van der Waals surface area contributed by atoms with Crippen LogP contribution in [0.15, 0.2) is 24.5 Å². The SMILES string of the molecule is Nc1ccc2ncnc(NCC3CCCCC3CO)c2c1. The predicted molar refractivity (Wildman–Crippen MR) is 85.0 cm³/mol. The van der Waals surface area contributed by atoms with Crippen molar-refractivity contribution < 1.29 is 5.11 Å². The lowest BCUT2D eigenvalue weighted by atomic mass is 9.79. The Morgan fingerprint density at radius 2 is 2.00 bits per heavy atom. The first-order valence-electron chi connectivity index (χ1n) is 7.63. The van der Waals surface area contributed by atoms with E-state index in [0.29, 0.717) is 17.5 Å². The van der Waals surface area contributed by atoms with E-state index in [1.807, 2.05) is 18.2 Å². The molecule has 1 heterocycles. The van der Waals surface area contributed by atoms with Crippen molar-refractivity contribution in [3.05, 3.63) is 24.5 Å². The zero-order valence-corrected chi connectivity index (χ0v) is 12.1. The lowest BCUT2D eigenvalue weighted by molar-refractivity contribution is 0.141. The van der Waals surface area contributed by atoms with Crippen molar-refractivity contribution in [1.82, 2.24) is 9.97 Å². The minimum atomic E-state index is 0.282. The van der Waals surface area contributed by atoms with Crippen LogP contribution in [0.1, 0.15) is 25.7 Å². The molecule has 112 valence electrons. The van der Waals surface area contributed by atoms with Gasteiger partial charge in [0.25, 0.3) is 0 Å². The number of benzene rings is 1. The molecule has 0 bridgehead atoms. The first kappa shape index (κ1) is 14.1. The van der Waals surface area contributed by atoms with Gasteiger partial charge < -0.3 is 16.2 Å². The lowest BCUT2D eigenvalue weighted by Gasteiger charge is -2.30. The third kappa shape index (κ3) is 3.08. The molecule has 2 unspecified atom stereocenters. The third-order valence-corrected chi connectivity index (χ3v) is 4.49. The zero-order chi connectivity index (χ0) is 14.7. The zero-order valence-electron chi connectivity index (χ0n) is 12.1. The van der Waals surface area contributed by atoms with Crippen LogP contribution in [0.3, 0.4) is 0 Å². The molecule has 0 amide bonds. The van der Waals surface area contributed by atoms with Crippen LogP contribution in [-0.4, -0.2) is 28.2 Å². The number of aliphatic hydroxyl groups excluding tert-OH is 1. The molecule has 2 aromatic rings. The molecule has 1 aromatic heterocycles. The van der Waals surface area contributed by atoms with E-state index in [0.717, 1.165) is 29.7 Å². The van der Waals surface area contributed by atoms with Gasteiger partial charge in [-0.25, -0.2) is 9.97 Å². The van der Waals surface area contributed by atoms with Crippen molar-refractivity contribution in [3.8, 4) is 0 Å². The average molecular weight is 286 g/mol. The molecule has 5 heteroatoms. The second-order valence-corrected chi connectivity index (χ2v) is 5.87. The molecule has 2 atom stereocenters. The fourth-order valence-corrected chi connectivity index (χ4v) is 3.24. The van der Waals surface area contributed by atoms with E-state index in [1.54, 1.807) is 6.33 Å². The highest BCUT2D eigenvalue weighted by atomic mass is 16.3. The van der Waals surface area contributed by atoms with Gasteiger partial charge in [-0.05, 0) is 42.9 Å². The van der Waals surface area contributed by atoms with Crippen molar-refractivity contribution >= 4 is 22.4 Å². The highest BCUT2D eigenvalue weighted by Gasteiger charge is 2.24. The van der Waals surface area contributed by atoms with Crippen molar-refractivity contribution in [2.24, 2.45) is 11.8 Å². The topological polar surface area (TPSA) is 84.1 Å². The number of aliphatic hydroxyl groups is 1. The largest absolute Gasteiger partial charge is 0.399 e. The van der Waals surface area contributed by atoms with Crippen LogP contribution >= 0.6 is 0 Å². The minimum Gasteiger partial charge on any atom is -0.399 e. The fourth-order valence-electron chi connectivity index (χ4n) is 3.24. The second-order valence-electron chi connectivity index (χ2n) is 5.87. The van der Waals surface area contributed by atoms with Crippen molar-refractivity contribution in [2.75, 3.05) is 24.2 Å². The maximum Gasteiger partial charge on any atom is 0.137 e. The maximum absolute atomic E-state index is 9.50. The Balaban J connectivity index is 1.77. The number of nitrogens with zero attached hydrogens (tertiary/aromatic N) is 2. The maximum atomic E-state index is 9.50. The molecule has 5 nitrogen and oxygen atoms in total. The van der Waals surface area contributed by atoms with Gasteiger partial charge in [-0.3, -0.25) is 0 Å². The number of nitrogen functional groups attached to an aromatic ring is 1. The number of nitrogens with two attached hydrogens (primary N) is 1. The van der Waals surface area contributed by atoms with E-state index in [9.17, 15) is 5.11 Å². The van der Waals surface area contributed by atoms with E-state index >= 15 is 0 Å². The normalized spacial score (nSPS) is 22.3. The summed E-state index contributed by atoms with van der Waals surface area (Å²) in [6.45, 7) is 1.12. The van der Waals surface area contributed by atoms with Gasteiger partial charge in [0.15, 0.2) is 0 Å². The van der Waals surface area contributed by atoms with Crippen LogP contribution in [0.25, 0.3) is 10.9 Å². The molecule has 0 spiro atoms. The van der Waals surface area contributed by atoms with Gasteiger partial charge in [-0.1, -0.05) is 12.8 Å². The third-order valence-electron chi connectivity index (χ3n) is 4.49. The number of aromatic nitrogens is 2. The molecule has 0 aliphatic heterocycles. The first-order chi connectivity index (χ1) is 10.3. The Morgan fingerprint density at radius 1 is 1.19 bits per heavy atom. The summed E-state index contributed by atoms with van der Waals surface area (Å²) < 4.78 is 0. The molecule has 0 radical (unpaired) electrons. The Bertz CT molecular complexity index is 616. The fraction of sp³-hybridized carbons (Fsp3) is 0.500. The molecule has 3 rings (SSSR count). The van der Waals surface area contributed by atoms with E-state index in [-0.39, 0.29) is 6.61 Å². The average Bonchev–Trinajstić information content (AvgIpc) is 2.53. The van der Waals surface area contributed by atoms with Crippen LogP contribution in [0.5, 0.6) is 0 Å². The quantitative estimate of drug-likeness (QED) is 0.752. The summed E-state index contributed by atoms with van der Waals surface area (Å²) >= 11 is 0. The summed E-state index contributed by atoms with van der Waals surface area (Å²) in [6.07, 6.45) is 6.35. The molecule has 1 saturated carbocycles. The van der Waals surface area contributed by atoms with Crippen molar-refractivity contribution in [1.29, 1.82) is 0 Å². The molecule has 1 fully saturated rings. The molecular formula is C16H22N4O. The molecule has 4 N–H and O–H groups in total. The van der Waals surface area contributed by atoms with Gasteiger partial charge in [0.05, 0.1) is 5.52 Å². The number of fused-ring (bicyclic) bond motifs is 1. The van der Waals surface area contributed by atoms with Crippen LogP contribution in [0.2, 0.25) is 0 Å². The summed E-state index contributed by atoms with van der Waals surface area (Å²) in [5, 5.41) is 13.9. The van der Waals surface area contributed by atoms with Gasteiger partial charge in [0.1, 0.15) is 12.1 Å². The monoisotopic (exact) mass is 286 g/mol. The lowest BCUT2D eigenvalue weighted by Crippen LogP contribution is -2.28. The number of hydrogen-bond donors (Lipinski definition) is 3. The Labute approximate surface area is 124 Å². The van der Waals surface area contributed by atoms with Crippen LogP contribution in [-0.2, 0) is 0 Å². The number of anilines is 2. The summed E-state index contributed by atoms with van der Waals surface area (Å²) in [5.74, 6) is 1.74. The molecule has 1 aromatic carbocycles. The molecule has 1 aliphatic carbocycles. The Morgan fingerprint density at radius 3 is 2.81 bits per heavy atom. The van der Waals surface area contributed by atoms with Gasteiger partial charge in [0.2, 0.25) is 0 Å². The van der Waals surface area contributed by atoms with E-state index in [2.05, 4.69) is 15.3 Å². The van der Waals surface area contributed by atoms with Gasteiger partial charge in [-0.15, -0.1) is 0 Å². The molecule has 1 aliphatic rings. The van der Waals surface area contributed by atoms with Crippen molar-refractivity contribution in [3.63, 3.8) is 0 Å². The van der Waals surface area contributed by atoms with Crippen LogP contribution in [0, 0.1) is 11.8 Å². The summed E-state index contributed by atoms with van der Waals surface area (Å²) in [6, 6.07) is 5.67. The number of hydrogen-bond acceptors (Lipinski definition) is 5. The molecule has 21 heavy (non-hydrogen) atoms. The summed E-state index contributed by atoms with van der Waals surface area (Å²) in [4.78, 5) is 8.61. The second kappa shape index (κ2) is 6.26. The smallest absolute Gasteiger partial charge is 0.137 e. The van der Waals surface area contributed by atoms with Gasteiger partial charge in [0, 0.05) is 24.2 Å². The van der Waals surface area contributed by atoms with Crippen LogP contribution in [0.4, 0.5) is 11.5 Å². The first-order valence-corrected chi connectivity index (χ1v) is 7.63. The summed E-state index contributed by atoms with van der Waals surface area (Å²) in [5.41, 5.74) is 7.47. The van der Waals surface area contributed by atoms with E-state index in [1.165, 1.54) is 19.3 Å². The Kier molecular flexibility index (Phi) is 4.20. The summed E-state index contributed by atoms with van der Waals surface area (Å²) in [7, 11) is 0. The number of rotatable bonds is 4. The van der Waals surface area contributed by atoms with Gasteiger partial charge >= 0.3 is 0 Å². The molecular weight excluding hydrogens is 264 g/mol. The molecule has 0 saturated heterocycles. The van der Waals surface area contributed by atoms with Crippen molar-refractivity contribution in [2.45, 2.75) is 25.7 Å². The number of nitrogens with one attached hydrogen (secondary N) is 1. The van der Waals surface area contributed by atoms with E-state index < -0.39 is 0 Å². The Hall–Kier alpha value is -1.88. The van der Waals surface area contributed by atoms with E-state index in [4.69, 9.17) is 5.73 Å². The van der Waals surface area contributed by atoms with Crippen LogP contribution < -0.4 is 11.1 Å². The minimum absolute atomic E-state index is 0.282.